The van der Waals surface area contributed by atoms with E-state index in [-0.39, 0.29) is 17.6 Å². The van der Waals surface area contributed by atoms with Gasteiger partial charge in [-0.3, -0.25) is 14.6 Å². The number of amides is 2. The highest BCUT2D eigenvalue weighted by molar-refractivity contribution is 5.95. The number of hydrogen-bond acceptors (Lipinski definition) is 5. The van der Waals surface area contributed by atoms with Crippen molar-refractivity contribution in [2.45, 2.75) is 12.5 Å². The number of nitrogens with one attached hydrogen (secondary N) is 1. The molecule has 2 aromatic heterocycles. The molecule has 3 aromatic rings. The zero-order chi connectivity index (χ0) is 20.8. The number of carbonyl (C=O) groups is 2. The Labute approximate surface area is 175 Å². The average Bonchev–Trinajstić information content (AvgIpc) is 3.35. The van der Waals surface area contributed by atoms with Crippen molar-refractivity contribution in [3.05, 3.63) is 84.6 Å². The van der Waals surface area contributed by atoms with E-state index in [1.807, 2.05) is 47.4 Å². The van der Waals surface area contributed by atoms with Gasteiger partial charge in [-0.05, 0) is 29.8 Å². The average molecular weight is 404 g/mol. The molecule has 1 aliphatic heterocycles. The summed E-state index contributed by atoms with van der Waals surface area (Å²) in [6.07, 6.45) is 5.41. The Morgan fingerprint density at radius 1 is 0.967 bits per heavy atom. The predicted molar refractivity (Wildman–Crippen MR) is 113 cm³/mol. The van der Waals surface area contributed by atoms with Crippen molar-refractivity contribution in [3.8, 4) is 0 Å². The zero-order valence-corrected chi connectivity index (χ0v) is 16.6. The van der Waals surface area contributed by atoms with Crippen LogP contribution in [0.2, 0.25) is 0 Å². The molecule has 1 N–H and O–H groups in total. The van der Waals surface area contributed by atoms with Crippen molar-refractivity contribution in [2.75, 3.05) is 31.1 Å². The first-order chi connectivity index (χ1) is 14.7. The van der Waals surface area contributed by atoms with Crippen LogP contribution in [0.4, 0.5) is 5.69 Å². The number of anilines is 1. The molecule has 2 amide bonds. The number of rotatable bonds is 6. The Kier molecular flexibility index (Phi) is 6.08. The van der Waals surface area contributed by atoms with Crippen LogP contribution in [-0.2, 0) is 11.2 Å². The smallest absolute Gasteiger partial charge is 0.287 e. The molecule has 3 heterocycles. The molecule has 7 heteroatoms. The third-order valence-corrected chi connectivity index (χ3v) is 5.25. The van der Waals surface area contributed by atoms with E-state index in [4.69, 9.17) is 4.42 Å². The minimum absolute atomic E-state index is 0.0758. The van der Waals surface area contributed by atoms with Gasteiger partial charge < -0.3 is 19.5 Å². The number of carbonyl (C=O) groups excluding carboxylic acids is 2. The van der Waals surface area contributed by atoms with Crippen LogP contribution in [0.25, 0.3) is 0 Å². The van der Waals surface area contributed by atoms with Crippen molar-refractivity contribution in [2.24, 2.45) is 0 Å². The topological polar surface area (TPSA) is 78.7 Å². The third kappa shape index (κ3) is 4.68. The Hall–Kier alpha value is -3.61. The summed E-state index contributed by atoms with van der Waals surface area (Å²) >= 11 is 0. The molecule has 1 aliphatic rings. The van der Waals surface area contributed by atoms with Crippen LogP contribution in [0.3, 0.4) is 0 Å². The molecule has 1 aromatic carbocycles. The Morgan fingerprint density at radius 3 is 2.37 bits per heavy atom. The molecule has 0 unspecified atom stereocenters. The van der Waals surface area contributed by atoms with Gasteiger partial charge in [0, 0.05) is 50.7 Å². The normalized spacial score (nSPS) is 14.9. The van der Waals surface area contributed by atoms with Crippen LogP contribution in [0.1, 0.15) is 16.1 Å². The van der Waals surface area contributed by atoms with Gasteiger partial charge in [-0.2, -0.15) is 0 Å². The maximum Gasteiger partial charge on any atom is 0.287 e. The lowest BCUT2D eigenvalue weighted by molar-refractivity contribution is -0.133. The fourth-order valence-electron chi connectivity index (χ4n) is 3.65. The number of pyridine rings is 1. The largest absolute Gasteiger partial charge is 0.459 e. The fraction of sp³-hybridized carbons (Fsp3) is 0.261. The molecule has 1 fully saturated rings. The summed E-state index contributed by atoms with van der Waals surface area (Å²) in [5.74, 6) is -0.263. The number of hydrogen-bond donors (Lipinski definition) is 1. The second kappa shape index (κ2) is 9.26. The summed E-state index contributed by atoms with van der Waals surface area (Å²) in [5.41, 5.74) is 2.09. The van der Waals surface area contributed by atoms with Gasteiger partial charge in [0.15, 0.2) is 5.76 Å². The number of piperazine rings is 1. The van der Waals surface area contributed by atoms with E-state index in [0.29, 0.717) is 19.5 Å². The van der Waals surface area contributed by atoms with Crippen LogP contribution in [0.5, 0.6) is 0 Å². The van der Waals surface area contributed by atoms with E-state index in [9.17, 15) is 9.59 Å². The second-order valence-corrected chi connectivity index (χ2v) is 7.21. The molecule has 1 atom stereocenters. The van der Waals surface area contributed by atoms with Crippen molar-refractivity contribution >= 4 is 17.5 Å². The van der Waals surface area contributed by atoms with E-state index in [0.717, 1.165) is 24.3 Å². The van der Waals surface area contributed by atoms with Crippen LogP contribution >= 0.6 is 0 Å². The molecule has 1 saturated heterocycles. The minimum Gasteiger partial charge on any atom is -0.459 e. The SMILES string of the molecule is O=C(N[C@@H](Cc1ccccc1)C(=O)N1CCN(c2ccncc2)CC1)c1ccco1. The molecular formula is C23H24N4O3. The van der Waals surface area contributed by atoms with Gasteiger partial charge in [0.25, 0.3) is 5.91 Å². The predicted octanol–water partition coefficient (Wildman–Crippen LogP) is 2.36. The first-order valence-electron chi connectivity index (χ1n) is 10.0. The highest BCUT2D eigenvalue weighted by Crippen LogP contribution is 2.16. The van der Waals surface area contributed by atoms with E-state index in [2.05, 4.69) is 15.2 Å². The van der Waals surface area contributed by atoms with Gasteiger partial charge in [0.1, 0.15) is 6.04 Å². The number of furan rings is 1. The van der Waals surface area contributed by atoms with Crippen molar-refractivity contribution in [1.82, 2.24) is 15.2 Å². The maximum absolute atomic E-state index is 13.3. The van der Waals surface area contributed by atoms with E-state index < -0.39 is 6.04 Å². The van der Waals surface area contributed by atoms with Gasteiger partial charge in [-0.15, -0.1) is 0 Å². The standard InChI is InChI=1S/C23H24N4O3/c28-22(21-7-4-16-30-21)25-20(17-18-5-2-1-3-6-18)23(29)27-14-12-26(13-15-27)19-8-10-24-11-9-19/h1-11,16,20H,12-15,17H2,(H,25,28)/t20-/m0/s1. The first kappa shape index (κ1) is 19.7. The highest BCUT2D eigenvalue weighted by Gasteiger charge is 2.29. The quantitative estimate of drug-likeness (QED) is 0.682. The molecule has 0 spiro atoms. The molecule has 7 nitrogen and oxygen atoms in total. The molecule has 30 heavy (non-hydrogen) atoms. The van der Waals surface area contributed by atoms with Crippen LogP contribution in [-0.4, -0.2) is 53.9 Å². The van der Waals surface area contributed by atoms with Crippen LogP contribution < -0.4 is 10.2 Å². The second-order valence-electron chi connectivity index (χ2n) is 7.21. The summed E-state index contributed by atoms with van der Waals surface area (Å²) in [6, 6.07) is 16.2. The van der Waals surface area contributed by atoms with E-state index in [1.54, 1.807) is 24.5 Å². The fourth-order valence-corrected chi connectivity index (χ4v) is 3.65. The van der Waals surface area contributed by atoms with Gasteiger partial charge >= 0.3 is 0 Å². The monoisotopic (exact) mass is 404 g/mol. The van der Waals surface area contributed by atoms with Crippen molar-refractivity contribution < 1.29 is 14.0 Å². The van der Waals surface area contributed by atoms with Crippen molar-refractivity contribution in [1.29, 1.82) is 0 Å². The third-order valence-electron chi connectivity index (χ3n) is 5.25. The van der Waals surface area contributed by atoms with Crippen molar-refractivity contribution in [3.63, 3.8) is 0 Å². The van der Waals surface area contributed by atoms with Gasteiger partial charge in [0.05, 0.1) is 6.26 Å². The number of nitrogens with zero attached hydrogens (tertiary/aromatic N) is 3. The van der Waals surface area contributed by atoms with Gasteiger partial charge in [0.2, 0.25) is 5.91 Å². The Balaban J connectivity index is 1.44. The lowest BCUT2D eigenvalue weighted by Gasteiger charge is -2.37. The highest BCUT2D eigenvalue weighted by atomic mass is 16.3. The molecule has 0 radical (unpaired) electrons. The molecule has 0 saturated carbocycles. The minimum atomic E-state index is -0.655. The Morgan fingerprint density at radius 2 is 1.70 bits per heavy atom. The summed E-state index contributed by atoms with van der Waals surface area (Å²) < 4.78 is 5.19. The molecule has 0 aliphatic carbocycles. The zero-order valence-electron chi connectivity index (χ0n) is 16.6. The lowest BCUT2D eigenvalue weighted by atomic mass is 10.0. The van der Waals surface area contributed by atoms with Gasteiger partial charge in [-0.1, -0.05) is 30.3 Å². The molecular weight excluding hydrogens is 380 g/mol. The summed E-state index contributed by atoms with van der Waals surface area (Å²) in [5, 5.41) is 2.86. The van der Waals surface area contributed by atoms with Crippen LogP contribution in [0, 0.1) is 0 Å². The summed E-state index contributed by atoms with van der Waals surface area (Å²) in [6.45, 7) is 2.67. The first-order valence-corrected chi connectivity index (χ1v) is 10.0. The molecule has 154 valence electrons. The molecule has 4 rings (SSSR count). The lowest BCUT2D eigenvalue weighted by Crippen LogP contribution is -2.55. The van der Waals surface area contributed by atoms with Crippen LogP contribution in [0.15, 0.2) is 77.7 Å². The Bertz CT molecular complexity index is 953. The van der Waals surface area contributed by atoms with E-state index in [1.165, 1.54) is 6.26 Å². The van der Waals surface area contributed by atoms with Gasteiger partial charge in [-0.25, -0.2) is 0 Å². The summed E-state index contributed by atoms with van der Waals surface area (Å²) in [7, 11) is 0. The number of benzene rings is 1. The maximum atomic E-state index is 13.3. The number of aromatic nitrogens is 1. The van der Waals surface area contributed by atoms with E-state index >= 15 is 0 Å². The molecule has 0 bridgehead atoms. The summed E-state index contributed by atoms with van der Waals surface area (Å²) in [4.78, 5) is 34.0.